The SMILES string of the molecule is C=CC=CCCC1CCC(c2ccc(F)cc2)CC1. The highest BCUT2D eigenvalue weighted by Crippen LogP contribution is 2.37. The molecule has 0 radical (unpaired) electrons. The zero-order chi connectivity index (χ0) is 13.5. The standard InChI is InChI=1S/C18H23F/c1-2-3-4-5-6-15-7-9-16(10-8-15)17-11-13-18(19)14-12-17/h2-4,11-16H,1,5-10H2. The van der Waals surface area contributed by atoms with Gasteiger partial charge in [-0.3, -0.25) is 0 Å². The zero-order valence-electron chi connectivity index (χ0n) is 11.5. The van der Waals surface area contributed by atoms with Crippen molar-refractivity contribution in [1.82, 2.24) is 0 Å². The molecule has 0 nitrogen and oxygen atoms in total. The first-order valence-electron chi connectivity index (χ1n) is 7.32. The van der Waals surface area contributed by atoms with Crippen LogP contribution in [0.3, 0.4) is 0 Å². The number of hydrogen-bond acceptors (Lipinski definition) is 0. The summed E-state index contributed by atoms with van der Waals surface area (Å²) >= 11 is 0. The van der Waals surface area contributed by atoms with Crippen molar-refractivity contribution in [2.24, 2.45) is 5.92 Å². The molecule has 0 unspecified atom stereocenters. The van der Waals surface area contributed by atoms with Gasteiger partial charge in [0.1, 0.15) is 5.82 Å². The van der Waals surface area contributed by atoms with E-state index in [4.69, 9.17) is 0 Å². The highest BCUT2D eigenvalue weighted by molar-refractivity contribution is 5.20. The maximum Gasteiger partial charge on any atom is 0.123 e. The minimum absolute atomic E-state index is 0.133. The molecule has 1 heteroatoms. The maximum atomic E-state index is 12.9. The Morgan fingerprint density at radius 3 is 2.42 bits per heavy atom. The number of hydrogen-bond donors (Lipinski definition) is 0. The molecule has 0 saturated heterocycles. The molecule has 0 aromatic heterocycles. The lowest BCUT2D eigenvalue weighted by Gasteiger charge is -2.28. The average molecular weight is 258 g/mol. The van der Waals surface area contributed by atoms with Gasteiger partial charge in [0.05, 0.1) is 0 Å². The molecule has 1 fully saturated rings. The minimum Gasteiger partial charge on any atom is -0.207 e. The maximum absolute atomic E-state index is 12.9. The Labute approximate surface area is 116 Å². The number of allylic oxidation sites excluding steroid dienone is 3. The van der Waals surface area contributed by atoms with Gasteiger partial charge in [-0.1, -0.05) is 36.9 Å². The van der Waals surface area contributed by atoms with Crippen molar-refractivity contribution in [3.8, 4) is 0 Å². The summed E-state index contributed by atoms with van der Waals surface area (Å²) in [6, 6.07) is 7.07. The van der Waals surface area contributed by atoms with Crippen molar-refractivity contribution in [3.05, 3.63) is 60.5 Å². The summed E-state index contributed by atoms with van der Waals surface area (Å²) in [6.07, 6.45) is 13.7. The van der Waals surface area contributed by atoms with Crippen LogP contribution < -0.4 is 0 Å². The fraction of sp³-hybridized carbons (Fsp3) is 0.444. The summed E-state index contributed by atoms with van der Waals surface area (Å²) < 4.78 is 12.9. The molecule has 1 saturated carbocycles. The molecule has 1 aromatic rings. The van der Waals surface area contributed by atoms with Crippen LogP contribution in [0.2, 0.25) is 0 Å². The highest BCUT2D eigenvalue weighted by atomic mass is 19.1. The van der Waals surface area contributed by atoms with E-state index in [1.54, 1.807) is 12.1 Å². The quantitative estimate of drug-likeness (QED) is 0.601. The van der Waals surface area contributed by atoms with Crippen LogP contribution >= 0.6 is 0 Å². The molecule has 0 N–H and O–H groups in total. The van der Waals surface area contributed by atoms with Gasteiger partial charge < -0.3 is 0 Å². The van der Waals surface area contributed by atoms with Gasteiger partial charge in [-0.15, -0.1) is 0 Å². The number of halogens is 1. The first-order valence-corrected chi connectivity index (χ1v) is 7.32. The highest BCUT2D eigenvalue weighted by Gasteiger charge is 2.21. The molecule has 0 heterocycles. The van der Waals surface area contributed by atoms with Crippen molar-refractivity contribution < 1.29 is 4.39 Å². The van der Waals surface area contributed by atoms with Gasteiger partial charge in [0.15, 0.2) is 0 Å². The first-order chi connectivity index (χ1) is 9.29. The summed E-state index contributed by atoms with van der Waals surface area (Å²) in [5, 5.41) is 0. The van der Waals surface area contributed by atoms with E-state index in [-0.39, 0.29) is 5.82 Å². The van der Waals surface area contributed by atoms with Crippen LogP contribution in [-0.2, 0) is 0 Å². The van der Waals surface area contributed by atoms with Crippen LogP contribution in [0.1, 0.15) is 50.0 Å². The second-order valence-corrected chi connectivity index (χ2v) is 5.51. The largest absolute Gasteiger partial charge is 0.207 e. The van der Waals surface area contributed by atoms with Crippen molar-refractivity contribution >= 4 is 0 Å². The van der Waals surface area contributed by atoms with Gasteiger partial charge in [0, 0.05) is 0 Å². The summed E-state index contributed by atoms with van der Waals surface area (Å²) in [4.78, 5) is 0. The summed E-state index contributed by atoms with van der Waals surface area (Å²) in [6.45, 7) is 3.68. The Morgan fingerprint density at radius 1 is 1.11 bits per heavy atom. The van der Waals surface area contributed by atoms with Crippen LogP contribution in [0, 0.1) is 11.7 Å². The lowest BCUT2D eigenvalue weighted by molar-refractivity contribution is 0.312. The Hall–Kier alpha value is -1.37. The van der Waals surface area contributed by atoms with Crippen molar-refractivity contribution in [2.45, 2.75) is 44.4 Å². The topological polar surface area (TPSA) is 0 Å². The van der Waals surface area contributed by atoms with E-state index in [1.807, 2.05) is 24.3 Å². The van der Waals surface area contributed by atoms with Crippen LogP contribution in [0.15, 0.2) is 49.1 Å². The second kappa shape index (κ2) is 7.28. The van der Waals surface area contributed by atoms with Gasteiger partial charge in [0.2, 0.25) is 0 Å². The van der Waals surface area contributed by atoms with Crippen LogP contribution in [0.5, 0.6) is 0 Å². The fourth-order valence-electron chi connectivity index (χ4n) is 3.04. The summed E-state index contributed by atoms with van der Waals surface area (Å²) in [5.74, 6) is 1.37. The minimum atomic E-state index is -0.133. The molecule has 19 heavy (non-hydrogen) atoms. The summed E-state index contributed by atoms with van der Waals surface area (Å²) in [5.41, 5.74) is 1.31. The number of benzene rings is 1. The van der Waals surface area contributed by atoms with E-state index >= 15 is 0 Å². The van der Waals surface area contributed by atoms with Crippen molar-refractivity contribution in [2.75, 3.05) is 0 Å². The molecule has 102 valence electrons. The third-order valence-electron chi connectivity index (χ3n) is 4.20. The second-order valence-electron chi connectivity index (χ2n) is 5.51. The van der Waals surface area contributed by atoms with Gasteiger partial charge in [0.25, 0.3) is 0 Å². The van der Waals surface area contributed by atoms with E-state index in [0.717, 1.165) is 12.3 Å². The molecule has 0 amide bonds. The molecule has 0 atom stereocenters. The Bertz CT molecular complexity index is 408. The van der Waals surface area contributed by atoms with Gasteiger partial charge in [-0.2, -0.15) is 0 Å². The Kier molecular flexibility index (Phi) is 5.38. The van der Waals surface area contributed by atoms with Gasteiger partial charge >= 0.3 is 0 Å². The van der Waals surface area contributed by atoms with Crippen molar-refractivity contribution in [1.29, 1.82) is 0 Å². The first kappa shape index (κ1) is 14.0. The predicted octanol–water partition coefficient (Wildman–Crippen LogP) is 5.62. The predicted molar refractivity (Wildman–Crippen MR) is 79.7 cm³/mol. The lowest BCUT2D eigenvalue weighted by Crippen LogP contribution is -2.13. The molecule has 2 rings (SSSR count). The Balaban J connectivity index is 1.77. The van der Waals surface area contributed by atoms with Crippen LogP contribution in [-0.4, -0.2) is 0 Å². The van der Waals surface area contributed by atoms with Gasteiger partial charge in [-0.25, -0.2) is 4.39 Å². The molecule has 1 aliphatic rings. The van der Waals surface area contributed by atoms with Crippen molar-refractivity contribution in [3.63, 3.8) is 0 Å². The molecule has 1 aliphatic carbocycles. The van der Waals surface area contributed by atoms with Crippen LogP contribution in [0.4, 0.5) is 4.39 Å². The fourth-order valence-corrected chi connectivity index (χ4v) is 3.04. The molecular formula is C18H23F. The smallest absolute Gasteiger partial charge is 0.123 e. The van der Waals surface area contributed by atoms with Crippen LogP contribution in [0.25, 0.3) is 0 Å². The normalized spacial score (nSPS) is 23.6. The van der Waals surface area contributed by atoms with E-state index < -0.39 is 0 Å². The van der Waals surface area contributed by atoms with E-state index in [2.05, 4.69) is 12.7 Å². The molecule has 0 aliphatic heterocycles. The summed E-state index contributed by atoms with van der Waals surface area (Å²) in [7, 11) is 0. The lowest BCUT2D eigenvalue weighted by atomic mass is 9.77. The van der Waals surface area contributed by atoms with E-state index in [9.17, 15) is 4.39 Å². The average Bonchev–Trinajstić information content (AvgIpc) is 2.45. The third kappa shape index (κ3) is 4.34. The monoisotopic (exact) mass is 258 g/mol. The van der Waals surface area contributed by atoms with E-state index in [0.29, 0.717) is 5.92 Å². The molecule has 1 aromatic carbocycles. The van der Waals surface area contributed by atoms with Gasteiger partial charge in [-0.05, 0) is 68.1 Å². The Morgan fingerprint density at radius 2 is 1.79 bits per heavy atom. The molecule has 0 spiro atoms. The molecule has 0 bridgehead atoms. The zero-order valence-corrected chi connectivity index (χ0v) is 11.5. The van der Waals surface area contributed by atoms with E-state index in [1.165, 1.54) is 37.7 Å². The number of rotatable bonds is 5. The molecular weight excluding hydrogens is 235 g/mol. The third-order valence-corrected chi connectivity index (χ3v) is 4.20.